The molecule has 0 N–H and O–H groups in total. The number of carbonyl (C=O) groups excluding carboxylic acids is 1. The number of nitrogens with zero attached hydrogens (tertiary/aromatic N) is 1. The molecule has 1 aliphatic carbocycles. The molecule has 27 heavy (non-hydrogen) atoms. The van der Waals surface area contributed by atoms with Crippen LogP contribution in [0.4, 0.5) is 0 Å². The minimum absolute atomic E-state index is 0.179. The molecule has 1 aromatic heterocycles. The van der Waals surface area contributed by atoms with Gasteiger partial charge < -0.3 is 9.15 Å². The second-order valence-corrected chi connectivity index (χ2v) is 6.32. The highest BCUT2D eigenvalue weighted by molar-refractivity contribution is 6.13. The van der Waals surface area contributed by atoms with Gasteiger partial charge in [0.15, 0.2) is 0 Å². The van der Waals surface area contributed by atoms with E-state index in [1.54, 1.807) is 6.26 Å². The highest BCUT2D eigenvalue weighted by Crippen LogP contribution is 2.43. The summed E-state index contributed by atoms with van der Waals surface area (Å²) in [5, 5.41) is 0. The van der Waals surface area contributed by atoms with E-state index in [2.05, 4.69) is 24.3 Å². The third-order valence-corrected chi connectivity index (χ3v) is 4.63. The third-order valence-electron chi connectivity index (χ3n) is 4.63. The van der Waals surface area contributed by atoms with Gasteiger partial charge in [-0.05, 0) is 11.6 Å². The van der Waals surface area contributed by atoms with E-state index < -0.39 is 0 Å². The molecule has 0 bridgehead atoms. The zero-order valence-corrected chi connectivity index (χ0v) is 15.0. The molecule has 1 heterocycles. The van der Waals surface area contributed by atoms with Crippen LogP contribution in [0.1, 0.15) is 34.9 Å². The van der Waals surface area contributed by atoms with Gasteiger partial charge in [-0.2, -0.15) is 0 Å². The van der Waals surface area contributed by atoms with Gasteiger partial charge in [0, 0.05) is 29.2 Å². The number of aliphatic imine (C=N–C) groups is 1. The van der Waals surface area contributed by atoms with E-state index in [-0.39, 0.29) is 12.0 Å². The van der Waals surface area contributed by atoms with Gasteiger partial charge in [0.2, 0.25) is 0 Å². The summed E-state index contributed by atoms with van der Waals surface area (Å²) in [4.78, 5) is 16.7. The molecule has 1 aliphatic rings. The fourth-order valence-corrected chi connectivity index (χ4v) is 3.36. The highest BCUT2D eigenvalue weighted by Gasteiger charge is 2.30. The van der Waals surface area contributed by atoms with Crippen LogP contribution in [0.3, 0.4) is 0 Å². The van der Waals surface area contributed by atoms with Gasteiger partial charge in [0.1, 0.15) is 11.8 Å². The van der Waals surface area contributed by atoms with E-state index in [4.69, 9.17) is 14.1 Å². The molecule has 3 aromatic rings. The predicted octanol–water partition coefficient (Wildman–Crippen LogP) is 4.82. The molecule has 2 aromatic carbocycles. The Hall–Kier alpha value is -3.40. The van der Waals surface area contributed by atoms with Gasteiger partial charge in [0.25, 0.3) is 0 Å². The van der Waals surface area contributed by atoms with Crippen molar-refractivity contribution in [2.24, 2.45) is 4.99 Å². The first kappa shape index (κ1) is 17.0. The van der Waals surface area contributed by atoms with Crippen molar-refractivity contribution < 1.29 is 13.9 Å². The first-order valence-electron chi connectivity index (χ1n) is 8.81. The van der Waals surface area contributed by atoms with E-state index in [0.29, 0.717) is 6.42 Å². The summed E-state index contributed by atoms with van der Waals surface area (Å²) < 4.78 is 10.5. The van der Waals surface area contributed by atoms with E-state index in [9.17, 15) is 4.79 Å². The molecule has 0 fully saturated rings. The summed E-state index contributed by atoms with van der Waals surface area (Å²) in [6.07, 6.45) is 3.77. The zero-order valence-electron chi connectivity index (χ0n) is 15.0. The average molecular weight is 357 g/mol. The first-order valence-corrected chi connectivity index (χ1v) is 8.81. The maximum absolute atomic E-state index is 11.7. The summed E-state index contributed by atoms with van der Waals surface area (Å²) in [5.74, 6) is 0.419. The summed E-state index contributed by atoms with van der Waals surface area (Å²) in [6, 6.07) is 21.9. The lowest BCUT2D eigenvalue weighted by atomic mass is 10.0. The van der Waals surface area contributed by atoms with Crippen LogP contribution in [0.2, 0.25) is 0 Å². The third kappa shape index (κ3) is 3.47. The number of hydrogen-bond donors (Lipinski definition) is 0. The highest BCUT2D eigenvalue weighted by atomic mass is 16.5. The molecule has 4 rings (SSSR count). The molecule has 0 amide bonds. The van der Waals surface area contributed by atoms with Crippen molar-refractivity contribution in [1.82, 2.24) is 0 Å². The monoisotopic (exact) mass is 357 g/mol. The summed E-state index contributed by atoms with van der Waals surface area (Å²) >= 11 is 0. The molecule has 0 saturated carbocycles. The smallest absolute Gasteiger partial charge is 0.330 e. The Morgan fingerprint density at radius 2 is 1.67 bits per heavy atom. The lowest BCUT2D eigenvalue weighted by Gasteiger charge is -2.11. The van der Waals surface area contributed by atoms with Crippen molar-refractivity contribution in [2.75, 3.05) is 7.11 Å². The van der Waals surface area contributed by atoms with Crippen molar-refractivity contribution in [2.45, 2.75) is 12.5 Å². The van der Waals surface area contributed by atoms with Crippen LogP contribution < -0.4 is 0 Å². The molecule has 0 radical (unpaired) electrons. The standard InChI is InChI=1S/C23H19NO3/c1-26-21(25)15-18-14-20(23-19(18)12-13-27-23)24-22(16-8-4-2-5-9-16)17-10-6-3-7-11-17/h2-13,15,20H,14H2,1H3/b18-15-. The molecule has 4 heteroatoms. The van der Waals surface area contributed by atoms with E-state index >= 15 is 0 Å². The van der Waals surface area contributed by atoms with Crippen LogP contribution in [0.25, 0.3) is 5.57 Å². The largest absolute Gasteiger partial charge is 0.466 e. The second-order valence-electron chi connectivity index (χ2n) is 6.32. The first-order chi connectivity index (χ1) is 13.3. The van der Waals surface area contributed by atoms with Crippen LogP contribution in [0, 0.1) is 0 Å². The van der Waals surface area contributed by atoms with E-state index in [1.165, 1.54) is 13.2 Å². The van der Waals surface area contributed by atoms with Gasteiger partial charge in [0.05, 0.1) is 19.1 Å². The van der Waals surface area contributed by atoms with Crippen LogP contribution in [0.5, 0.6) is 0 Å². The van der Waals surface area contributed by atoms with Gasteiger partial charge in [-0.3, -0.25) is 4.99 Å². The van der Waals surface area contributed by atoms with Crippen LogP contribution in [-0.4, -0.2) is 18.8 Å². The number of hydrogen-bond acceptors (Lipinski definition) is 4. The number of esters is 1. The number of fused-ring (bicyclic) bond motifs is 1. The molecule has 0 saturated heterocycles. The quantitative estimate of drug-likeness (QED) is 0.382. The van der Waals surface area contributed by atoms with Gasteiger partial charge in [-0.1, -0.05) is 60.7 Å². The Morgan fingerprint density at radius 3 is 2.26 bits per heavy atom. The summed E-state index contributed by atoms with van der Waals surface area (Å²) in [7, 11) is 1.38. The van der Waals surface area contributed by atoms with Crippen molar-refractivity contribution in [1.29, 1.82) is 0 Å². The number of furan rings is 1. The zero-order chi connectivity index (χ0) is 18.6. The van der Waals surface area contributed by atoms with Gasteiger partial charge >= 0.3 is 5.97 Å². The lowest BCUT2D eigenvalue weighted by Crippen LogP contribution is -2.05. The Bertz CT molecular complexity index is 959. The Labute approximate surface area is 157 Å². The Kier molecular flexibility index (Phi) is 4.71. The minimum atomic E-state index is -0.367. The van der Waals surface area contributed by atoms with Crippen molar-refractivity contribution in [3.05, 3.63) is 102 Å². The van der Waals surface area contributed by atoms with Crippen molar-refractivity contribution >= 4 is 17.3 Å². The van der Waals surface area contributed by atoms with Crippen LogP contribution in [-0.2, 0) is 9.53 Å². The molecule has 1 unspecified atom stereocenters. The average Bonchev–Trinajstić information content (AvgIpc) is 3.32. The fraction of sp³-hybridized carbons (Fsp3) is 0.130. The van der Waals surface area contributed by atoms with Crippen LogP contribution in [0.15, 0.2) is 88.5 Å². The number of methoxy groups -OCH3 is 1. The van der Waals surface area contributed by atoms with Crippen molar-refractivity contribution in [3.63, 3.8) is 0 Å². The molecule has 4 nitrogen and oxygen atoms in total. The van der Waals surface area contributed by atoms with Gasteiger partial charge in [-0.25, -0.2) is 4.79 Å². The predicted molar refractivity (Wildman–Crippen MR) is 105 cm³/mol. The number of rotatable bonds is 4. The molecule has 1 atom stereocenters. The van der Waals surface area contributed by atoms with Crippen LogP contribution >= 0.6 is 0 Å². The summed E-state index contributed by atoms with van der Waals surface area (Å²) in [5.41, 5.74) is 4.81. The molecule has 134 valence electrons. The molecule has 0 spiro atoms. The molecular formula is C23H19NO3. The normalized spacial score (nSPS) is 16.8. The number of carbonyl (C=O) groups is 1. The van der Waals surface area contributed by atoms with E-state index in [0.717, 1.165) is 33.7 Å². The molecule has 0 aliphatic heterocycles. The maximum Gasteiger partial charge on any atom is 0.330 e. The topological polar surface area (TPSA) is 51.8 Å². The number of ether oxygens (including phenoxy) is 1. The Balaban J connectivity index is 1.78. The van der Waals surface area contributed by atoms with Crippen molar-refractivity contribution in [3.8, 4) is 0 Å². The Morgan fingerprint density at radius 1 is 1.04 bits per heavy atom. The van der Waals surface area contributed by atoms with E-state index in [1.807, 2.05) is 42.5 Å². The second kappa shape index (κ2) is 7.46. The fourth-order valence-electron chi connectivity index (χ4n) is 3.36. The maximum atomic E-state index is 11.7. The number of benzene rings is 2. The van der Waals surface area contributed by atoms with Gasteiger partial charge in [-0.15, -0.1) is 0 Å². The summed E-state index contributed by atoms with van der Waals surface area (Å²) in [6.45, 7) is 0. The minimum Gasteiger partial charge on any atom is -0.466 e. The lowest BCUT2D eigenvalue weighted by molar-refractivity contribution is -0.134. The SMILES string of the molecule is COC(=O)/C=C1/CC(N=C(c2ccccc2)c2ccccc2)c2occc21. The molecular weight excluding hydrogens is 338 g/mol.